The zero-order valence-corrected chi connectivity index (χ0v) is 30.4. The van der Waals surface area contributed by atoms with E-state index in [4.69, 9.17) is 25.5 Å². The molecule has 0 aromatic heterocycles. The van der Waals surface area contributed by atoms with Gasteiger partial charge in [-0.1, -0.05) is 42.5 Å². The average Bonchev–Trinajstić information content (AvgIpc) is 3.65. The molecule has 0 amide bonds. The Hall–Kier alpha value is -5.38. The van der Waals surface area contributed by atoms with Crippen LogP contribution in [0.2, 0.25) is 0 Å². The Morgan fingerprint density at radius 3 is 2.27 bits per heavy atom. The van der Waals surface area contributed by atoms with E-state index in [1.807, 2.05) is 55.5 Å². The lowest BCUT2D eigenvalue weighted by Crippen LogP contribution is -2.23. The summed E-state index contributed by atoms with van der Waals surface area (Å²) >= 11 is 0. The summed E-state index contributed by atoms with van der Waals surface area (Å²) in [6, 6.07) is 25.6. The molecule has 272 valence electrons. The summed E-state index contributed by atoms with van der Waals surface area (Å²) in [4.78, 5) is 30.7. The third-order valence-electron chi connectivity index (χ3n) is 8.49. The van der Waals surface area contributed by atoms with Crippen molar-refractivity contribution in [3.63, 3.8) is 0 Å². The minimum absolute atomic E-state index is 0.000204. The Bertz CT molecular complexity index is 2000. The smallest absolute Gasteiger partial charge is 0.306 e. The van der Waals surface area contributed by atoms with Crippen LogP contribution in [0, 0.1) is 19.4 Å². The second kappa shape index (κ2) is 17.7. The number of nitrogens with zero attached hydrogens (tertiary/aromatic N) is 2. The number of rotatable bonds is 17. The van der Waals surface area contributed by atoms with E-state index in [-0.39, 0.29) is 31.1 Å². The summed E-state index contributed by atoms with van der Waals surface area (Å²) in [5, 5.41) is 0. The molecule has 1 aliphatic heterocycles. The van der Waals surface area contributed by atoms with Crippen molar-refractivity contribution in [2.24, 2.45) is 5.92 Å². The van der Waals surface area contributed by atoms with Crippen LogP contribution in [0.1, 0.15) is 53.2 Å². The van der Waals surface area contributed by atoms with Crippen molar-refractivity contribution in [3.8, 4) is 17.2 Å². The van der Waals surface area contributed by atoms with E-state index in [1.54, 1.807) is 43.3 Å². The molecule has 1 saturated heterocycles. The predicted octanol–water partition coefficient (Wildman–Crippen LogP) is 7.86. The van der Waals surface area contributed by atoms with Gasteiger partial charge >= 0.3 is 5.97 Å². The van der Waals surface area contributed by atoms with Gasteiger partial charge in [0.25, 0.3) is 0 Å². The van der Waals surface area contributed by atoms with Crippen molar-refractivity contribution >= 4 is 38.8 Å². The molecule has 1 fully saturated rings. The van der Waals surface area contributed by atoms with Gasteiger partial charge in [-0.3, -0.25) is 14.3 Å². The summed E-state index contributed by atoms with van der Waals surface area (Å²) in [5.74, 6) is 1.07. The van der Waals surface area contributed by atoms with Crippen molar-refractivity contribution in [2.75, 3.05) is 42.3 Å². The zero-order valence-electron chi connectivity index (χ0n) is 29.6. The van der Waals surface area contributed by atoms with Crippen molar-refractivity contribution in [1.82, 2.24) is 0 Å². The van der Waals surface area contributed by atoms with E-state index in [1.165, 1.54) is 0 Å². The molecule has 0 aliphatic carbocycles. The highest BCUT2D eigenvalue weighted by Crippen LogP contribution is 2.32. The van der Waals surface area contributed by atoms with Gasteiger partial charge in [0.05, 0.1) is 44.8 Å². The minimum Gasteiger partial charge on any atom is -0.493 e. The Labute approximate surface area is 305 Å². The molecule has 0 radical (unpaired) electrons. The highest BCUT2D eigenvalue weighted by atomic mass is 32.2. The maximum absolute atomic E-state index is 13.1. The molecular formula is C40H43N3O8S. The largest absolute Gasteiger partial charge is 0.493 e. The van der Waals surface area contributed by atoms with Crippen molar-refractivity contribution in [1.29, 1.82) is 0 Å². The lowest BCUT2D eigenvalue weighted by atomic mass is 10.1. The molecule has 4 aromatic carbocycles. The molecule has 1 aliphatic rings. The van der Waals surface area contributed by atoms with Gasteiger partial charge in [0.1, 0.15) is 17.2 Å². The monoisotopic (exact) mass is 725 g/mol. The van der Waals surface area contributed by atoms with Crippen LogP contribution < -0.4 is 19.1 Å². The van der Waals surface area contributed by atoms with Gasteiger partial charge in [-0.25, -0.2) is 13.3 Å². The quantitative estimate of drug-likeness (QED) is 0.0658. The summed E-state index contributed by atoms with van der Waals surface area (Å²) in [6.45, 7) is 13.9. The summed E-state index contributed by atoms with van der Waals surface area (Å²) in [7, 11) is -3.49. The molecule has 0 spiro atoms. The van der Waals surface area contributed by atoms with Gasteiger partial charge in [-0.2, -0.15) is 0 Å². The molecule has 1 heterocycles. The number of benzene rings is 4. The van der Waals surface area contributed by atoms with Crippen LogP contribution in [0.25, 0.3) is 4.85 Å². The van der Waals surface area contributed by atoms with E-state index in [9.17, 15) is 18.0 Å². The second-order valence-electron chi connectivity index (χ2n) is 12.7. The topological polar surface area (TPSA) is 125 Å². The number of hydrogen-bond acceptors (Lipinski definition) is 9. The summed E-state index contributed by atoms with van der Waals surface area (Å²) < 4.78 is 49.5. The summed E-state index contributed by atoms with van der Waals surface area (Å²) in [6.07, 6.45) is 2.01. The molecule has 1 N–H and O–H groups in total. The Balaban J connectivity index is 1.36. The second-order valence-corrected chi connectivity index (χ2v) is 14.4. The van der Waals surface area contributed by atoms with E-state index in [0.29, 0.717) is 67.1 Å². The van der Waals surface area contributed by atoms with Crippen molar-refractivity contribution < 1.29 is 37.0 Å². The average molecular weight is 726 g/mol. The maximum atomic E-state index is 13.1. The third kappa shape index (κ3) is 11.1. The van der Waals surface area contributed by atoms with Gasteiger partial charge < -0.3 is 23.8 Å². The molecule has 4 aromatic rings. The van der Waals surface area contributed by atoms with E-state index >= 15 is 0 Å². The van der Waals surface area contributed by atoms with Gasteiger partial charge in [0, 0.05) is 49.4 Å². The fourth-order valence-electron chi connectivity index (χ4n) is 5.82. The number of nitrogens with one attached hydrogen (secondary N) is 1. The molecule has 1 unspecified atom stereocenters. The van der Waals surface area contributed by atoms with Gasteiger partial charge in [-0.05, 0) is 73.4 Å². The first kappa shape index (κ1) is 37.9. The molecule has 0 saturated carbocycles. The fourth-order valence-corrected chi connectivity index (χ4v) is 6.44. The molecule has 11 nitrogen and oxygen atoms in total. The first-order valence-corrected chi connectivity index (χ1v) is 19.0. The standard InChI is InChI=1S/C40H43N3O8S/c1-5-49-40(45)18-17-39(44)32-21-35(50-27-31-19-20-48-26-31)23-36(22-32)51-34-15-11-30(12-16-34)25-43(24-29-9-13-33(41-3)14-10-29)38-8-6-7-37(28(38)2)42-52(4,46)47/h6-16,21-23,31,42H,5,17-20,24-27H2,1-2,4H3. The van der Waals surface area contributed by atoms with Crippen LogP contribution in [0.3, 0.4) is 0 Å². The lowest BCUT2D eigenvalue weighted by molar-refractivity contribution is -0.143. The van der Waals surface area contributed by atoms with E-state index in [2.05, 4.69) is 14.5 Å². The number of carbonyl (C=O) groups excluding carboxylic acids is 2. The van der Waals surface area contributed by atoms with E-state index in [0.717, 1.165) is 35.1 Å². The lowest BCUT2D eigenvalue weighted by Gasteiger charge is -2.28. The normalized spacial score (nSPS) is 13.9. The number of Topliss-reactive ketones (excluding diaryl/α,β-unsaturated/α-hetero) is 1. The minimum atomic E-state index is -3.49. The Morgan fingerprint density at radius 1 is 0.942 bits per heavy atom. The number of anilines is 2. The van der Waals surface area contributed by atoms with Crippen LogP contribution in [0.4, 0.5) is 17.1 Å². The van der Waals surface area contributed by atoms with Crippen molar-refractivity contribution in [3.05, 3.63) is 119 Å². The molecule has 0 bridgehead atoms. The zero-order chi connectivity index (χ0) is 37.1. The Morgan fingerprint density at radius 2 is 1.63 bits per heavy atom. The molecule has 12 heteroatoms. The number of ketones is 1. The number of ether oxygens (including phenoxy) is 4. The Kier molecular flexibility index (Phi) is 12.9. The van der Waals surface area contributed by atoms with Crippen LogP contribution >= 0.6 is 0 Å². The highest BCUT2D eigenvalue weighted by molar-refractivity contribution is 7.92. The number of hydrogen-bond donors (Lipinski definition) is 1. The number of esters is 1. The first-order valence-electron chi connectivity index (χ1n) is 17.1. The van der Waals surface area contributed by atoms with Gasteiger partial charge in [0.15, 0.2) is 11.5 Å². The predicted molar refractivity (Wildman–Crippen MR) is 200 cm³/mol. The van der Waals surface area contributed by atoms with Gasteiger partial charge in [0.2, 0.25) is 10.0 Å². The van der Waals surface area contributed by atoms with Crippen LogP contribution in [0.15, 0.2) is 84.9 Å². The third-order valence-corrected chi connectivity index (χ3v) is 9.08. The van der Waals surface area contributed by atoms with Crippen LogP contribution in [0.5, 0.6) is 17.2 Å². The number of carbonyl (C=O) groups is 2. The highest BCUT2D eigenvalue weighted by Gasteiger charge is 2.19. The van der Waals surface area contributed by atoms with Gasteiger partial charge in [-0.15, -0.1) is 0 Å². The van der Waals surface area contributed by atoms with Crippen LogP contribution in [-0.4, -0.2) is 52.9 Å². The fraction of sp³-hybridized carbons (Fsp3) is 0.325. The maximum Gasteiger partial charge on any atom is 0.306 e. The van der Waals surface area contributed by atoms with Crippen LogP contribution in [-0.2, 0) is 37.4 Å². The number of sulfonamides is 1. The van der Waals surface area contributed by atoms with Crippen molar-refractivity contribution in [2.45, 2.75) is 46.2 Å². The summed E-state index contributed by atoms with van der Waals surface area (Å²) in [5.41, 5.74) is 5.01. The first-order chi connectivity index (χ1) is 25.0. The molecule has 1 atom stereocenters. The van der Waals surface area contributed by atoms with E-state index < -0.39 is 16.0 Å². The SMILES string of the molecule is [C-]#[N+]c1ccc(CN(Cc2ccc(Oc3cc(OCC4CCOC4)cc(C(=O)CCC(=O)OCC)c3)cc2)c2cccc(NS(C)(=O)=O)c2C)cc1. The molecular weight excluding hydrogens is 683 g/mol. The molecule has 5 rings (SSSR count). The molecule has 52 heavy (non-hydrogen) atoms.